The number of carboxylic acids is 1. The van der Waals surface area contributed by atoms with E-state index in [2.05, 4.69) is 31.2 Å². The van der Waals surface area contributed by atoms with Crippen molar-refractivity contribution in [2.75, 3.05) is 18.9 Å². The predicted octanol–water partition coefficient (Wildman–Crippen LogP) is 2.47. The maximum Gasteiger partial charge on any atom is 0.305 e. The highest BCUT2D eigenvalue weighted by Crippen LogP contribution is 2.17. The molecule has 1 atom stereocenters. The monoisotopic (exact) mass is 506 g/mol. The van der Waals surface area contributed by atoms with E-state index in [1.54, 1.807) is 43.7 Å². The van der Waals surface area contributed by atoms with E-state index in [-0.39, 0.29) is 6.54 Å². The number of rotatable bonds is 10. The lowest BCUT2D eigenvalue weighted by Crippen LogP contribution is -2.39. The highest BCUT2D eigenvalue weighted by atomic mass is 19.1. The van der Waals surface area contributed by atoms with Gasteiger partial charge in [-0.25, -0.2) is 4.39 Å². The zero-order valence-corrected chi connectivity index (χ0v) is 20.1. The van der Waals surface area contributed by atoms with Crippen LogP contribution in [0.3, 0.4) is 0 Å². The van der Waals surface area contributed by atoms with E-state index < -0.39 is 36.1 Å². The molecule has 0 saturated heterocycles. The highest BCUT2D eigenvalue weighted by Gasteiger charge is 2.19. The quantitative estimate of drug-likeness (QED) is 0.210. The topological polar surface area (TPSA) is 145 Å². The number of nitrogens with one attached hydrogen (secondary N) is 4. The van der Waals surface area contributed by atoms with Crippen molar-refractivity contribution >= 4 is 29.4 Å². The van der Waals surface area contributed by atoms with Crippen molar-refractivity contribution in [2.45, 2.75) is 19.0 Å². The number of anilines is 1. The molecule has 3 rings (SSSR count). The summed E-state index contributed by atoms with van der Waals surface area (Å²) in [5.41, 5.74) is 2.38. The molecule has 1 unspecified atom stereocenters. The maximum absolute atomic E-state index is 13.2. The maximum atomic E-state index is 13.2. The summed E-state index contributed by atoms with van der Waals surface area (Å²) in [5, 5.41) is 20.5. The summed E-state index contributed by atoms with van der Waals surface area (Å²) in [6.45, 7) is 0.154. The first-order valence-electron chi connectivity index (χ1n) is 11.4. The number of halogens is 1. The van der Waals surface area contributed by atoms with Gasteiger partial charge in [0.2, 0.25) is 5.91 Å². The van der Waals surface area contributed by atoms with Gasteiger partial charge in [-0.3, -0.25) is 24.4 Å². The largest absolute Gasteiger partial charge is 0.481 e. The van der Waals surface area contributed by atoms with Gasteiger partial charge in [-0.2, -0.15) is 0 Å². The van der Waals surface area contributed by atoms with Crippen molar-refractivity contribution in [3.8, 4) is 0 Å². The van der Waals surface area contributed by atoms with Crippen molar-refractivity contribution in [2.24, 2.45) is 4.99 Å². The Kier molecular flexibility index (Phi) is 9.66. The highest BCUT2D eigenvalue weighted by molar-refractivity contribution is 5.99. The number of aromatic nitrogens is 1. The molecule has 11 heteroatoms. The van der Waals surface area contributed by atoms with E-state index in [4.69, 9.17) is 5.11 Å². The number of pyridine rings is 1. The molecule has 2 aromatic carbocycles. The number of carbonyl (C=O) groups is 3. The van der Waals surface area contributed by atoms with Crippen molar-refractivity contribution < 1.29 is 23.9 Å². The molecule has 0 fully saturated rings. The van der Waals surface area contributed by atoms with E-state index in [0.717, 1.165) is 5.56 Å². The van der Waals surface area contributed by atoms with Gasteiger partial charge in [0.05, 0.1) is 19.0 Å². The van der Waals surface area contributed by atoms with Gasteiger partial charge >= 0.3 is 5.97 Å². The molecule has 0 saturated carbocycles. The lowest BCUT2D eigenvalue weighted by molar-refractivity contribution is -0.137. The van der Waals surface area contributed by atoms with Gasteiger partial charge in [0.1, 0.15) is 5.82 Å². The zero-order valence-electron chi connectivity index (χ0n) is 20.1. The van der Waals surface area contributed by atoms with Gasteiger partial charge in [-0.1, -0.05) is 18.2 Å². The first-order valence-corrected chi connectivity index (χ1v) is 11.4. The Hall–Kier alpha value is -4.80. The lowest BCUT2D eigenvalue weighted by atomic mass is 10.0. The summed E-state index contributed by atoms with van der Waals surface area (Å²) in [5.74, 6) is -2.18. The number of carbonyl (C=O) groups excluding carboxylic acids is 2. The molecular formula is C26H27FN6O4. The van der Waals surface area contributed by atoms with Gasteiger partial charge in [0.15, 0.2) is 5.96 Å². The zero-order chi connectivity index (χ0) is 26.6. The molecule has 0 radical (unpaired) electrons. The first-order chi connectivity index (χ1) is 17.8. The Bertz CT molecular complexity index is 1250. The third kappa shape index (κ3) is 8.73. The lowest BCUT2D eigenvalue weighted by Gasteiger charge is -2.18. The summed E-state index contributed by atoms with van der Waals surface area (Å²) in [6.07, 6.45) is 3.00. The summed E-state index contributed by atoms with van der Waals surface area (Å²) in [6, 6.07) is 14.7. The molecule has 192 valence electrons. The van der Waals surface area contributed by atoms with Gasteiger partial charge in [-0.05, 0) is 53.6 Å². The van der Waals surface area contributed by atoms with Gasteiger partial charge in [0.25, 0.3) is 5.91 Å². The Balaban J connectivity index is 1.55. The van der Waals surface area contributed by atoms with Crippen molar-refractivity contribution in [1.29, 1.82) is 0 Å². The van der Waals surface area contributed by atoms with Gasteiger partial charge < -0.3 is 26.4 Å². The molecule has 0 aliphatic rings. The van der Waals surface area contributed by atoms with E-state index in [0.29, 0.717) is 29.3 Å². The minimum Gasteiger partial charge on any atom is -0.481 e. The Morgan fingerprint density at radius 2 is 1.76 bits per heavy atom. The molecule has 10 nitrogen and oxygen atoms in total. The van der Waals surface area contributed by atoms with Crippen LogP contribution in [-0.4, -0.2) is 47.4 Å². The number of aliphatic carboxylic acids is 1. The smallest absolute Gasteiger partial charge is 0.305 e. The number of hydrogen-bond acceptors (Lipinski definition) is 5. The molecule has 1 aromatic heterocycles. The molecule has 1 heterocycles. The average molecular weight is 507 g/mol. The fourth-order valence-corrected chi connectivity index (χ4v) is 3.37. The second-order valence-corrected chi connectivity index (χ2v) is 7.94. The van der Waals surface area contributed by atoms with Crippen LogP contribution in [0, 0.1) is 5.82 Å². The first kappa shape index (κ1) is 26.8. The number of benzene rings is 2. The Morgan fingerprint density at radius 1 is 1.03 bits per heavy atom. The van der Waals surface area contributed by atoms with Crippen LogP contribution in [0.15, 0.2) is 78.0 Å². The average Bonchev–Trinajstić information content (AvgIpc) is 2.90. The number of guanidine groups is 1. The fourth-order valence-electron chi connectivity index (χ4n) is 3.37. The van der Waals surface area contributed by atoms with E-state index in [1.165, 1.54) is 24.3 Å². The van der Waals surface area contributed by atoms with Crippen LogP contribution in [-0.2, 0) is 16.1 Å². The van der Waals surface area contributed by atoms with E-state index >= 15 is 0 Å². The molecule has 0 aliphatic carbocycles. The number of aliphatic imine (C=N–C) groups is 1. The minimum absolute atomic E-state index is 0.308. The Labute approximate surface area is 213 Å². The van der Waals surface area contributed by atoms with E-state index in [9.17, 15) is 18.8 Å². The number of amides is 2. The molecule has 5 N–H and O–H groups in total. The van der Waals surface area contributed by atoms with E-state index in [1.807, 2.05) is 12.1 Å². The number of hydrogen-bond donors (Lipinski definition) is 5. The van der Waals surface area contributed by atoms with Gasteiger partial charge in [-0.15, -0.1) is 0 Å². The number of carboxylic acid groups (broad SMARTS) is 1. The van der Waals surface area contributed by atoms with Crippen LogP contribution in [0.2, 0.25) is 0 Å². The summed E-state index contributed by atoms with van der Waals surface area (Å²) >= 11 is 0. The van der Waals surface area contributed by atoms with Crippen molar-refractivity contribution in [1.82, 2.24) is 20.9 Å². The second kappa shape index (κ2) is 13.3. The molecule has 3 aromatic rings. The second-order valence-electron chi connectivity index (χ2n) is 7.94. The molecule has 37 heavy (non-hydrogen) atoms. The molecule has 2 amide bonds. The standard InChI is InChI=1S/C26H27FN6O4/c1-28-26(31-15-17-9-11-29-12-10-17)32-21-4-2-3-19(13-21)25(37)30-16-23(34)33-22(14-24(35)36)18-5-7-20(27)8-6-18/h2-13,22H,14-16H2,1H3,(H,30,37)(H,33,34)(H,35,36)(H2,28,31,32). The minimum atomic E-state index is -1.13. The van der Waals surface area contributed by atoms with Crippen LogP contribution in [0.1, 0.15) is 33.9 Å². The molecule has 0 aliphatic heterocycles. The fraction of sp³-hybridized carbons (Fsp3) is 0.192. The van der Waals surface area contributed by atoms with Crippen LogP contribution in [0.25, 0.3) is 0 Å². The molecule has 0 bridgehead atoms. The predicted molar refractivity (Wildman–Crippen MR) is 136 cm³/mol. The SMILES string of the molecule is CN=C(NCc1ccncc1)Nc1cccc(C(=O)NCC(=O)NC(CC(=O)O)c2ccc(F)cc2)c1. The van der Waals surface area contributed by atoms with Crippen LogP contribution < -0.4 is 21.3 Å². The van der Waals surface area contributed by atoms with Crippen LogP contribution in [0.4, 0.5) is 10.1 Å². The molecular weight excluding hydrogens is 479 g/mol. The molecule has 0 spiro atoms. The number of nitrogens with zero attached hydrogens (tertiary/aromatic N) is 2. The summed E-state index contributed by atoms with van der Waals surface area (Å²) < 4.78 is 13.2. The summed E-state index contributed by atoms with van der Waals surface area (Å²) in [7, 11) is 1.63. The normalized spacial score (nSPS) is 11.8. The third-order valence-electron chi connectivity index (χ3n) is 5.22. The van der Waals surface area contributed by atoms with Gasteiger partial charge in [0, 0.05) is 37.2 Å². The van der Waals surface area contributed by atoms with Crippen LogP contribution in [0.5, 0.6) is 0 Å². The summed E-state index contributed by atoms with van der Waals surface area (Å²) in [4.78, 5) is 44.4. The third-order valence-corrected chi connectivity index (χ3v) is 5.22. The van der Waals surface area contributed by atoms with Crippen LogP contribution >= 0.6 is 0 Å². The Morgan fingerprint density at radius 3 is 2.43 bits per heavy atom. The van der Waals surface area contributed by atoms with Crippen molar-refractivity contribution in [3.05, 3.63) is 95.6 Å². The van der Waals surface area contributed by atoms with Crippen molar-refractivity contribution in [3.63, 3.8) is 0 Å².